The number of para-hydroxylation sites is 2. The molecular formula is C46H52N4P2. The lowest BCUT2D eigenvalue weighted by atomic mass is 9.93. The second-order valence-electron chi connectivity index (χ2n) is 15.3. The van der Waals surface area contributed by atoms with E-state index in [9.17, 15) is 0 Å². The number of aliphatic imine (C=N–C) groups is 2. The Morgan fingerprint density at radius 2 is 0.827 bits per heavy atom. The molecule has 2 unspecified atom stereocenters. The van der Waals surface area contributed by atoms with Crippen LogP contribution in [0.4, 0.5) is 11.4 Å². The minimum Gasteiger partial charge on any atom is -0.357 e. The van der Waals surface area contributed by atoms with Gasteiger partial charge in [-0.3, -0.25) is 9.98 Å². The summed E-state index contributed by atoms with van der Waals surface area (Å²) in [6, 6.07) is 48.2. The van der Waals surface area contributed by atoms with Crippen molar-refractivity contribution in [2.45, 2.75) is 65.2 Å². The average Bonchev–Trinajstić information content (AvgIpc) is 3.84. The van der Waals surface area contributed by atoms with Crippen molar-refractivity contribution >= 4 is 60.9 Å². The van der Waals surface area contributed by atoms with E-state index in [0.29, 0.717) is 0 Å². The third-order valence-electron chi connectivity index (χ3n) is 9.21. The Morgan fingerprint density at radius 3 is 1.19 bits per heavy atom. The summed E-state index contributed by atoms with van der Waals surface area (Å²) in [4.78, 5) is 17.2. The largest absolute Gasteiger partial charge is 0.357 e. The Hall–Kier alpha value is -4.36. The van der Waals surface area contributed by atoms with Gasteiger partial charge in [-0.1, -0.05) is 139 Å². The fourth-order valence-corrected chi connectivity index (χ4v) is 11.3. The second kappa shape index (κ2) is 17.0. The molecule has 0 fully saturated rings. The molecule has 4 nitrogen and oxygen atoms in total. The van der Waals surface area contributed by atoms with Crippen LogP contribution in [0.15, 0.2) is 143 Å². The Bertz CT molecular complexity index is 1930. The summed E-state index contributed by atoms with van der Waals surface area (Å²) in [5.41, 5.74) is 6.75. The van der Waals surface area contributed by atoms with E-state index in [1.165, 1.54) is 32.6 Å². The molecule has 0 spiro atoms. The maximum Gasteiger partial charge on any atom is 0.0710 e. The molecule has 2 atom stereocenters. The maximum absolute atomic E-state index is 5.06. The van der Waals surface area contributed by atoms with Crippen LogP contribution in [0.1, 0.15) is 77.2 Å². The van der Waals surface area contributed by atoms with Gasteiger partial charge in [0.15, 0.2) is 0 Å². The summed E-state index contributed by atoms with van der Waals surface area (Å²) in [7, 11) is -1.19. The summed E-state index contributed by atoms with van der Waals surface area (Å²) in [5, 5.41) is 5.48. The summed E-state index contributed by atoms with van der Waals surface area (Å²) in [6.45, 7) is 13.4. The lowest BCUT2D eigenvalue weighted by Gasteiger charge is -2.23. The third kappa shape index (κ3) is 9.74. The first-order valence-corrected chi connectivity index (χ1v) is 21.4. The Kier molecular flexibility index (Phi) is 12.2. The molecule has 2 heterocycles. The van der Waals surface area contributed by atoms with E-state index in [2.05, 4.69) is 185 Å². The van der Waals surface area contributed by atoms with Crippen LogP contribution in [0.25, 0.3) is 0 Å². The van der Waals surface area contributed by atoms with Gasteiger partial charge in [0, 0.05) is 32.8 Å². The Balaban J connectivity index is 1.22. The first-order valence-electron chi connectivity index (χ1n) is 18.4. The number of aromatic nitrogens is 2. The van der Waals surface area contributed by atoms with Crippen LogP contribution in [-0.4, -0.2) is 34.7 Å². The quantitative estimate of drug-likeness (QED) is 0.0678. The van der Waals surface area contributed by atoms with Crippen LogP contribution in [0.5, 0.6) is 0 Å². The molecule has 0 saturated heterocycles. The van der Waals surface area contributed by atoms with Gasteiger partial charge in [0.1, 0.15) is 0 Å². The van der Waals surface area contributed by atoms with Crippen molar-refractivity contribution in [2.75, 3.05) is 12.3 Å². The zero-order valence-electron chi connectivity index (χ0n) is 31.5. The highest BCUT2D eigenvalue weighted by Gasteiger charge is 2.21. The van der Waals surface area contributed by atoms with Gasteiger partial charge in [0.05, 0.1) is 35.2 Å². The normalized spacial score (nSPS) is 13.6. The Morgan fingerprint density at radius 1 is 0.462 bits per heavy atom. The first kappa shape index (κ1) is 37.4. The summed E-state index contributed by atoms with van der Waals surface area (Å²) in [6.07, 6.45) is 8.48. The fraction of sp³-hybridized carbons (Fsp3) is 0.261. The van der Waals surface area contributed by atoms with Crippen LogP contribution in [0, 0.1) is 0 Å². The molecule has 0 aliphatic carbocycles. The maximum atomic E-state index is 5.06. The SMILES string of the molecule is CC(C)(C)c1ccc(C=Nc2ccccc2P(CCCCP(c2ccccc2)c2ccccc2N=Cc2ccc(C(C)(C)C)[nH]2)c2ccccc2)[nH]1. The van der Waals surface area contributed by atoms with Crippen LogP contribution < -0.4 is 21.2 Å². The van der Waals surface area contributed by atoms with E-state index in [4.69, 9.17) is 9.98 Å². The highest BCUT2D eigenvalue weighted by Crippen LogP contribution is 2.41. The number of rotatable bonds is 13. The van der Waals surface area contributed by atoms with Crippen molar-refractivity contribution in [1.82, 2.24) is 9.97 Å². The predicted molar refractivity (Wildman–Crippen MR) is 231 cm³/mol. The number of benzene rings is 4. The van der Waals surface area contributed by atoms with Crippen LogP contribution in [-0.2, 0) is 10.8 Å². The van der Waals surface area contributed by atoms with Gasteiger partial charge in [0.25, 0.3) is 0 Å². The summed E-state index contributed by atoms with van der Waals surface area (Å²) >= 11 is 0. The molecular weight excluding hydrogens is 670 g/mol. The molecule has 0 saturated carbocycles. The van der Waals surface area contributed by atoms with Gasteiger partial charge < -0.3 is 9.97 Å². The van der Waals surface area contributed by atoms with Crippen LogP contribution >= 0.6 is 15.8 Å². The molecule has 0 bridgehead atoms. The van der Waals surface area contributed by atoms with Gasteiger partial charge >= 0.3 is 0 Å². The van der Waals surface area contributed by atoms with E-state index < -0.39 is 15.8 Å². The molecule has 0 radical (unpaired) electrons. The van der Waals surface area contributed by atoms with Crippen molar-refractivity contribution in [3.8, 4) is 0 Å². The van der Waals surface area contributed by atoms with E-state index in [-0.39, 0.29) is 10.8 Å². The first-order chi connectivity index (χ1) is 25.1. The molecule has 0 aliphatic heterocycles. The minimum atomic E-state index is -0.593. The minimum absolute atomic E-state index is 0.0701. The summed E-state index contributed by atoms with van der Waals surface area (Å²) < 4.78 is 0. The van der Waals surface area contributed by atoms with Gasteiger partial charge in [0.2, 0.25) is 0 Å². The molecule has 6 rings (SSSR count). The zero-order chi connectivity index (χ0) is 36.6. The Labute approximate surface area is 313 Å². The topological polar surface area (TPSA) is 56.3 Å². The fourth-order valence-electron chi connectivity index (χ4n) is 6.26. The van der Waals surface area contributed by atoms with Gasteiger partial charge in [-0.05, 0) is 88.0 Å². The number of nitrogens with zero attached hydrogens (tertiary/aromatic N) is 2. The molecule has 2 aromatic heterocycles. The number of aromatic amines is 2. The number of nitrogens with one attached hydrogen (secondary N) is 2. The molecule has 2 N–H and O–H groups in total. The van der Waals surface area contributed by atoms with Gasteiger partial charge in [-0.25, -0.2) is 0 Å². The van der Waals surface area contributed by atoms with Gasteiger partial charge in [-0.15, -0.1) is 0 Å². The van der Waals surface area contributed by atoms with E-state index >= 15 is 0 Å². The van der Waals surface area contributed by atoms with Crippen molar-refractivity contribution in [2.24, 2.45) is 9.98 Å². The highest BCUT2D eigenvalue weighted by molar-refractivity contribution is 7.73. The second-order valence-corrected chi connectivity index (χ2v) is 19.9. The molecule has 0 aliphatic rings. The van der Waals surface area contributed by atoms with E-state index in [1.807, 2.05) is 12.4 Å². The number of H-pyrrole nitrogens is 2. The molecule has 4 aromatic carbocycles. The third-order valence-corrected chi connectivity index (χ3v) is 14.5. The monoisotopic (exact) mass is 722 g/mol. The van der Waals surface area contributed by atoms with E-state index in [0.717, 1.165) is 47.9 Å². The zero-order valence-corrected chi connectivity index (χ0v) is 33.3. The van der Waals surface area contributed by atoms with Crippen molar-refractivity contribution in [1.29, 1.82) is 0 Å². The van der Waals surface area contributed by atoms with Crippen LogP contribution in [0.2, 0.25) is 0 Å². The molecule has 52 heavy (non-hydrogen) atoms. The number of unbranched alkanes of at least 4 members (excludes halogenated alkanes) is 1. The van der Waals surface area contributed by atoms with Crippen LogP contribution in [0.3, 0.4) is 0 Å². The predicted octanol–water partition coefficient (Wildman–Crippen LogP) is 10.8. The lowest BCUT2D eigenvalue weighted by molar-refractivity contribution is 0.572. The summed E-state index contributed by atoms with van der Waals surface area (Å²) in [5.74, 6) is 0. The number of hydrogen-bond donors (Lipinski definition) is 2. The van der Waals surface area contributed by atoms with E-state index in [1.54, 1.807) is 0 Å². The molecule has 6 aromatic rings. The molecule has 266 valence electrons. The van der Waals surface area contributed by atoms with Gasteiger partial charge in [-0.2, -0.15) is 0 Å². The average molecular weight is 723 g/mol. The lowest BCUT2D eigenvalue weighted by Crippen LogP contribution is -2.16. The van der Waals surface area contributed by atoms with Crippen molar-refractivity contribution < 1.29 is 0 Å². The molecule has 0 amide bonds. The molecule has 6 heteroatoms. The smallest absolute Gasteiger partial charge is 0.0710 e. The standard InChI is InChI=1S/C46H52N4P2/c1-45(2,3)43-29-27-35(49-43)33-47-39-23-13-15-25-41(39)51(37-19-9-7-10-20-37)31-17-18-32-52(38-21-11-8-12-22-38)42-26-16-14-24-40(42)48-34-36-28-30-44(50-36)46(4,5)6/h7-16,19-30,33-34,49-50H,17-18,31-32H2,1-6H3. The number of hydrogen-bond acceptors (Lipinski definition) is 2. The van der Waals surface area contributed by atoms with Crippen molar-refractivity contribution in [3.05, 3.63) is 156 Å². The highest BCUT2D eigenvalue weighted by atomic mass is 31.1. The van der Waals surface area contributed by atoms with Crippen molar-refractivity contribution in [3.63, 3.8) is 0 Å².